The van der Waals surface area contributed by atoms with Crippen molar-refractivity contribution >= 4 is 29.0 Å². The maximum absolute atomic E-state index is 12.6. The lowest BCUT2D eigenvalue weighted by molar-refractivity contribution is -0.402. The quantitative estimate of drug-likeness (QED) is 0.603. The van der Waals surface area contributed by atoms with Gasteiger partial charge in [0.25, 0.3) is 5.91 Å². The van der Waals surface area contributed by atoms with E-state index in [2.05, 4.69) is 6.07 Å². The number of furan rings is 1. The van der Waals surface area contributed by atoms with Crippen molar-refractivity contribution in [1.29, 1.82) is 0 Å². The molecule has 2 aromatic rings. The van der Waals surface area contributed by atoms with E-state index in [-0.39, 0.29) is 23.5 Å². The van der Waals surface area contributed by atoms with Crippen LogP contribution >= 0.6 is 11.3 Å². The summed E-state index contributed by atoms with van der Waals surface area (Å²) in [7, 11) is 0. The third kappa shape index (κ3) is 3.10. The van der Waals surface area contributed by atoms with Gasteiger partial charge in [-0.2, -0.15) is 0 Å². The number of nitro groups is 1. The number of amides is 2. The van der Waals surface area contributed by atoms with Gasteiger partial charge in [-0.3, -0.25) is 19.7 Å². The molecule has 0 unspecified atom stereocenters. The number of hydrogen-bond acceptors (Lipinski definition) is 6. The fourth-order valence-electron chi connectivity index (χ4n) is 3.35. The Morgan fingerprint density at radius 1 is 1.15 bits per heavy atom. The summed E-state index contributed by atoms with van der Waals surface area (Å²) in [6.07, 6.45) is 0.897. The van der Waals surface area contributed by atoms with Crippen LogP contribution in [-0.4, -0.2) is 52.7 Å². The SMILES string of the molecule is O=C(c1ccc([N+](=O)[O-])o1)N1CCN(C(=O)[C@@H]2C[C@H]2c2cccs2)CC1. The fraction of sp³-hybridized carbons (Fsp3) is 0.412. The first-order valence-electron chi connectivity index (χ1n) is 8.40. The molecule has 0 N–H and O–H groups in total. The zero-order valence-electron chi connectivity index (χ0n) is 13.9. The molecule has 0 spiro atoms. The van der Waals surface area contributed by atoms with Crippen LogP contribution in [0.1, 0.15) is 27.8 Å². The molecule has 0 radical (unpaired) electrons. The van der Waals surface area contributed by atoms with Gasteiger partial charge < -0.3 is 14.2 Å². The topological polar surface area (TPSA) is 96.9 Å². The molecule has 4 rings (SSSR count). The van der Waals surface area contributed by atoms with Crippen molar-refractivity contribution in [2.24, 2.45) is 5.92 Å². The van der Waals surface area contributed by atoms with Gasteiger partial charge in [0, 0.05) is 42.9 Å². The minimum Gasteiger partial charge on any atom is -0.395 e. The van der Waals surface area contributed by atoms with Crippen LogP contribution in [0.15, 0.2) is 34.1 Å². The first kappa shape index (κ1) is 16.8. The van der Waals surface area contributed by atoms with Crippen molar-refractivity contribution in [3.05, 3.63) is 50.4 Å². The summed E-state index contributed by atoms with van der Waals surface area (Å²) in [4.78, 5) is 39.6. The third-order valence-electron chi connectivity index (χ3n) is 4.88. The molecule has 26 heavy (non-hydrogen) atoms. The van der Waals surface area contributed by atoms with Crippen LogP contribution in [0.4, 0.5) is 5.88 Å². The second-order valence-corrected chi connectivity index (χ2v) is 7.46. The van der Waals surface area contributed by atoms with E-state index < -0.39 is 10.8 Å². The number of hydrogen-bond donors (Lipinski definition) is 0. The first-order valence-corrected chi connectivity index (χ1v) is 9.28. The highest BCUT2D eigenvalue weighted by molar-refractivity contribution is 7.10. The van der Waals surface area contributed by atoms with Crippen LogP contribution in [0, 0.1) is 16.0 Å². The summed E-state index contributed by atoms with van der Waals surface area (Å²) in [5.41, 5.74) is 0. The van der Waals surface area contributed by atoms with Crippen molar-refractivity contribution in [3.8, 4) is 0 Å². The zero-order valence-corrected chi connectivity index (χ0v) is 14.7. The predicted octanol–water partition coefficient (Wildman–Crippen LogP) is 2.34. The van der Waals surface area contributed by atoms with Gasteiger partial charge in [0.05, 0.1) is 6.07 Å². The van der Waals surface area contributed by atoms with Crippen LogP contribution in [0.25, 0.3) is 0 Å². The molecule has 136 valence electrons. The van der Waals surface area contributed by atoms with E-state index in [9.17, 15) is 19.7 Å². The van der Waals surface area contributed by atoms with Crippen LogP contribution in [0.2, 0.25) is 0 Å². The number of nitrogens with zero attached hydrogens (tertiary/aromatic N) is 3. The number of carbonyl (C=O) groups is 2. The molecular weight excluding hydrogens is 358 g/mol. The molecular formula is C17H17N3O5S. The summed E-state index contributed by atoms with van der Waals surface area (Å²) in [6.45, 7) is 1.74. The highest BCUT2D eigenvalue weighted by Crippen LogP contribution is 2.50. The maximum atomic E-state index is 12.6. The molecule has 9 heteroatoms. The molecule has 1 aliphatic heterocycles. The predicted molar refractivity (Wildman–Crippen MR) is 93.0 cm³/mol. The maximum Gasteiger partial charge on any atom is 0.433 e. The smallest absolute Gasteiger partial charge is 0.395 e. The zero-order chi connectivity index (χ0) is 18.3. The van der Waals surface area contributed by atoms with Gasteiger partial charge in [0.2, 0.25) is 5.91 Å². The van der Waals surface area contributed by atoms with Crippen molar-refractivity contribution in [2.75, 3.05) is 26.2 Å². The minimum atomic E-state index is -0.674. The van der Waals surface area contributed by atoms with Crippen molar-refractivity contribution in [3.63, 3.8) is 0 Å². The van der Waals surface area contributed by atoms with E-state index >= 15 is 0 Å². The Kier molecular flexibility index (Phi) is 4.23. The summed E-state index contributed by atoms with van der Waals surface area (Å²) in [5, 5.41) is 12.7. The monoisotopic (exact) mass is 375 g/mol. The van der Waals surface area contributed by atoms with Gasteiger partial charge in [-0.05, 0) is 23.9 Å². The molecule has 1 saturated heterocycles. The molecule has 2 amide bonds. The van der Waals surface area contributed by atoms with Crippen LogP contribution < -0.4 is 0 Å². The van der Waals surface area contributed by atoms with Crippen LogP contribution in [0.3, 0.4) is 0 Å². The Morgan fingerprint density at radius 3 is 2.50 bits per heavy atom. The van der Waals surface area contributed by atoms with Gasteiger partial charge in [-0.25, -0.2) is 0 Å². The normalized spacial score (nSPS) is 22.3. The highest BCUT2D eigenvalue weighted by Gasteiger charge is 2.46. The number of carbonyl (C=O) groups excluding carboxylic acids is 2. The lowest BCUT2D eigenvalue weighted by Gasteiger charge is -2.34. The van der Waals surface area contributed by atoms with Crippen LogP contribution in [0.5, 0.6) is 0 Å². The van der Waals surface area contributed by atoms with Crippen LogP contribution in [-0.2, 0) is 4.79 Å². The Morgan fingerprint density at radius 2 is 1.88 bits per heavy atom. The van der Waals surface area contributed by atoms with E-state index in [0.29, 0.717) is 32.1 Å². The number of piperazine rings is 1. The Bertz CT molecular complexity index is 838. The molecule has 8 nitrogen and oxygen atoms in total. The van der Waals surface area contributed by atoms with Gasteiger partial charge in [-0.1, -0.05) is 6.07 Å². The molecule has 0 bridgehead atoms. The Labute approximate surface area is 153 Å². The van der Waals surface area contributed by atoms with E-state index in [1.54, 1.807) is 16.2 Å². The van der Waals surface area contributed by atoms with E-state index in [4.69, 9.17) is 4.42 Å². The average Bonchev–Trinajstić information content (AvgIpc) is 3.06. The molecule has 1 saturated carbocycles. The van der Waals surface area contributed by atoms with Gasteiger partial charge in [0.1, 0.15) is 4.92 Å². The lowest BCUT2D eigenvalue weighted by Crippen LogP contribution is -2.51. The Hall–Kier alpha value is -2.68. The molecule has 3 heterocycles. The van der Waals surface area contributed by atoms with Gasteiger partial charge >= 0.3 is 5.88 Å². The van der Waals surface area contributed by atoms with Gasteiger partial charge in [0.15, 0.2) is 5.76 Å². The molecule has 2 aliphatic rings. The second-order valence-electron chi connectivity index (χ2n) is 6.48. The first-order chi connectivity index (χ1) is 12.5. The molecule has 1 aliphatic carbocycles. The fourth-order valence-corrected chi connectivity index (χ4v) is 4.25. The Balaban J connectivity index is 1.32. The summed E-state index contributed by atoms with van der Waals surface area (Å²) >= 11 is 1.69. The van der Waals surface area contributed by atoms with Gasteiger partial charge in [-0.15, -0.1) is 11.3 Å². The van der Waals surface area contributed by atoms with E-state index in [0.717, 1.165) is 6.42 Å². The minimum absolute atomic E-state index is 0.0450. The summed E-state index contributed by atoms with van der Waals surface area (Å²) in [6, 6.07) is 6.56. The largest absolute Gasteiger partial charge is 0.433 e. The summed E-state index contributed by atoms with van der Waals surface area (Å²) < 4.78 is 4.97. The standard InChI is InChI=1S/C17H17N3O5S/c21-16(12-10-11(12)14-2-1-9-26-14)18-5-7-19(8-6-18)17(22)13-3-4-15(25-13)20(23)24/h1-4,9,11-12H,5-8,10H2/t11-,12-/m1/s1. The third-order valence-corrected chi connectivity index (χ3v) is 5.88. The van der Waals surface area contributed by atoms with E-state index in [1.165, 1.54) is 17.0 Å². The number of thiophene rings is 1. The van der Waals surface area contributed by atoms with E-state index in [1.807, 2.05) is 16.3 Å². The number of rotatable bonds is 4. The lowest BCUT2D eigenvalue weighted by atomic mass is 10.2. The molecule has 2 aromatic heterocycles. The van der Waals surface area contributed by atoms with Crippen molar-refractivity contribution in [1.82, 2.24) is 9.80 Å². The second kappa shape index (κ2) is 6.56. The highest BCUT2D eigenvalue weighted by atomic mass is 32.1. The average molecular weight is 375 g/mol. The molecule has 2 fully saturated rings. The molecule has 0 aromatic carbocycles. The summed E-state index contributed by atoms with van der Waals surface area (Å²) in [5.74, 6) is -0.321. The van der Waals surface area contributed by atoms with Crippen molar-refractivity contribution < 1.29 is 18.9 Å². The molecule has 2 atom stereocenters. The van der Waals surface area contributed by atoms with Crippen molar-refractivity contribution in [2.45, 2.75) is 12.3 Å².